The van der Waals surface area contributed by atoms with Gasteiger partial charge < -0.3 is 4.42 Å². The molecule has 0 unspecified atom stereocenters. The van der Waals surface area contributed by atoms with Crippen LogP contribution in [-0.2, 0) is 9.59 Å². The van der Waals surface area contributed by atoms with Crippen LogP contribution in [0.15, 0.2) is 46.6 Å². The van der Waals surface area contributed by atoms with Crippen molar-refractivity contribution in [3.63, 3.8) is 0 Å². The zero-order valence-electron chi connectivity index (χ0n) is 12.6. The third-order valence-electron chi connectivity index (χ3n) is 3.54. The van der Waals surface area contributed by atoms with Gasteiger partial charge in [-0.05, 0) is 49.2 Å². The number of carbonyl (C=O) groups excluding carboxylic acids is 3. The van der Waals surface area contributed by atoms with Crippen LogP contribution in [0.2, 0.25) is 0 Å². The number of barbiturate groups is 1. The molecule has 0 atom stereocenters. The molecule has 1 saturated heterocycles. The molecule has 1 aliphatic rings. The van der Waals surface area contributed by atoms with Crippen LogP contribution >= 0.6 is 0 Å². The lowest BCUT2D eigenvalue weighted by Crippen LogP contribution is -2.54. The molecule has 1 N–H and O–H groups in total. The van der Waals surface area contributed by atoms with Crippen molar-refractivity contribution >= 4 is 29.6 Å². The number of nitrogens with one attached hydrogen (secondary N) is 1. The van der Waals surface area contributed by atoms with Gasteiger partial charge in [-0.3, -0.25) is 14.9 Å². The van der Waals surface area contributed by atoms with Crippen molar-refractivity contribution in [1.29, 1.82) is 0 Å². The van der Waals surface area contributed by atoms with Crippen LogP contribution in [0.4, 0.5) is 10.5 Å². The lowest BCUT2D eigenvalue weighted by molar-refractivity contribution is -0.122. The Morgan fingerprint density at radius 1 is 1.13 bits per heavy atom. The van der Waals surface area contributed by atoms with Crippen molar-refractivity contribution in [1.82, 2.24) is 5.32 Å². The summed E-state index contributed by atoms with van der Waals surface area (Å²) in [5, 5.41) is 2.18. The minimum Gasteiger partial charge on any atom is -0.465 e. The van der Waals surface area contributed by atoms with Gasteiger partial charge in [-0.25, -0.2) is 9.69 Å². The first-order valence-corrected chi connectivity index (χ1v) is 6.99. The molecule has 3 rings (SSSR count). The zero-order chi connectivity index (χ0) is 16.6. The van der Waals surface area contributed by atoms with E-state index in [0.717, 1.165) is 16.0 Å². The Kier molecular flexibility index (Phi) is 3.57. The van der Waals surface area contributed by atoms with E-state index in [1.54, 1.807) is 25.1 Å². The van der Waals surface area contributed by atoms with Gasteiger partial charge in [0.05, 0.1) is 12.0 Å². The average molecular weight is 310 g/mol. The van der Waals surface area contributed by atoms with Gasteiger partial charge in [-0.2, -0.15) is 0 Å². The van der Waals surface area contributed by atoms with Crippen molar-refractivity contribution in [2.24, 2.45) is 0 Å². The number of carbonyl (C=O) groups is 3. The highest BCUT2D eigenvalue weighted by Crippen LogP contribution is 2.26. The normalized spacial score (nSPS) is 16.9. The van der Waals surface area contributed by atoms with Crippen molar-refractivity contribution in [3.8, 4) is 0 Å². The van der Waals surface area contributed by atoms with E-state index in [-0.39, 0.29) is 5.57 Å². The van der Waals surface area contributed by atoms with Crippen LogP contribution in [0.3, 0.4) is 0 Å². The second-order valence-corrected chi connectivity index (χ2v) is 5.26. The van der Waals surface area contributed by atoms with Crippen molar-refractivity contribution < 1.29 is 18.8 Å². The maximum Gasteiger partial charge on any atom is 0.335 e. The molecule has 1 fully saturated rings. The minimum absolute atomic E-state index is 0.152. The third kappa shape index (κ3) is 2.66. The molecule has 2 aromatic rings. The van der Waals surface area contributed by atoms with Crippen LogP contribution in [0, 0.1) is 13.8 Å². The molecule has 0 aliphatic carbocycles. The first-order valence-electron chi connectivity index (χ1n) is 6.99. The van der Waals surface area contributed by atoms with Gasteiger partial charge in [0.1, 0.15) is 11.3 Å². The summed E-state index contributed by atoms with van der Waals surface area (Å²) >= 11 is 0. The van der Waals surface area contributed by atoms with Crippen molar-refractivity contribution in [2.45, 2.75) is 13.8 Å². The Bertz CT molecular complexity index is 834. The monoisotopic (exact) mass is 310 g/mol. The van der Waals surface area contributed by atoms with Crippen LogP contribution in [-0.4, -0.2) is 17.8 Å². The van der Waals surface area contributed by atoms with Gasteiger partial charge in [0.15, 0.2) is 0 Å². The molecule has 1 aliphatic heterocycles. The molecule has 1 aromatic carbocycles. The molecule has 0 spiro atoms. The number of imide groups is 2. The maximum absolute atomic E-state index is 12.7. The number of furan rings is 1. The van der Waals surface area contributed by atoms with Gasteiger partial charge in [0.25, 0.3) is 11.8 Å². The summed E-state index contributed by atoms with van der Waals surface area (Å²) < 4.78 is 5.13. The fraction of sp³-hybridized carbons (Fsp3) is 0.118. The Morgan fingerprint density at radius 2 is 1.91 bits per heavy atom. The van der Waals surface area contributed by atoms with E-state index in [0.29, 0.717) is 11.4 Å². The lowest BCUT2D eigenvalue weighted by atomic mass is 10.1. The van der Waals surface area contributed by atoms with E-state index < -0.39 is 17.8 Å². The summed E-state index contributed by atoms with van der Waals surface area (Å²) in [6.45, 7) is 3.65. The van der Waals surface area contributed by atoms with E-state index in [1.165, 1.54) is 12.3 Å². The number of hydrogen-bond donors (Lipinski definition) is 1. The molecule has 2 heterocycles. The lowest BCUT2D eigenvalue weighted by Gasteiger charge is -2.27. The van der Waals surface area contributed by atoms with E-state index in [1.807, 2.05) is 19.1 Å². The summed E-state index contributed by atoms with van der Waals surface area (Å²) in [5.41, 5.74) is 1.95. The SMILES string of the molecule is Cc1ccc(C)c(N2C(=O)NC(=O)/C(=C/c3ccco3)C2=O)c1. The molecule has 23 heavy (non-hydrogen) atoms. The summed E-state index contributed by atoms with van der Waals surface area (Å²) in [4.78, 5) is 37.8. The quantitative estimate of drug-likeness (QED) is 0.683. The Balaban J connectivity index is 2.07. The second-order valence-electron chi connectivity index (χ2n) is 5.26. The van der Waals surface area contributed by atoms with Crippen LogP contribution in [0.1, 0.15) is 16.9 Å². The Morgan fingerprint density at radius 3 is 2.61 bits per heavy atom. The maximum atomic E-state index is 12.7. The zero-order valence-corrected chi connectivity index (χ0v) is 12.6. The molecule has 0 bridgehead atoms. The number of aryl methyl sites for hydroxylation is 2. The van der Waals surface area contributed by atoms with Crippen LogP contribution in [0.25, 0.3) is 6.08 Å². The number of amides is 4. The number of benzene rings is 1. The standard InChI is InChI=1S/C17H14N2O4/c1-10-5-6-11(2)14(8-10)19-16(21)13(15(20)18-17(19)22)9-12-4-3-7-23-12/h3-9H,1-2H3,(H,18,20,22)/b13-9-. The van der Waals surface area contributed by atoms with Crippen LogP contribution in [0.5, 0.6) is 0 Å². The first kappa shape index (κ1) is 14.8. The van der Waals surface area contributed by atoms with Crippen molar-refractivity contribution in [3.05, 3.63) is 59.1 Å². The van der Waals surface area contributed by atoms with Crippen molar-refractivity contribution in [2.75, 3.05) is 4.90 Å². The summed E-state index contributed by atoms with van der Waals surface area (Å²) in [6, 6.07) is 7.93. The predicted molar refractivity (Wildman–Crippen MR) is 83.6 cm³/mol. The third-order valence-corrected chi connectivity index (χ3v) is 3.54. The highest BCUT2D eigenvalue weighted by Gasteiger charge is 2.37. The van der Waals surface area contributed by atoms with E-state index in [9.17, 15) is 14.4 Å². The fourth-order valence-electron chi connectivity index (χ4n) is 2.35. The first-order chi connectivity index (χ1) is 11.0. The highest BCUT2D eigenvalue weighted by molar-refractivity contribution is 6.39. The molecule has 0 radical (unpaired) electrons. The van der Waals surface area contributed by atoms with Gasteiger partial charge in [-0.1, -0.05) is 12.1 Å². The van der Waals surface area contributed by atoms with Gasteiger partial charge in [0.2, 0.25) is 0 Å². The van der Waals surface area contributed by atoms with E-state index in [2.05, 4.69) is 5.32 Å². The molecular weight excluding hydrogens is 296 g/mol. The largest absolute Gasteiger partial charge is 0.465 e. The number of anilines is 1. The minimum atomic E-state index is -0.759. The topological polar surface area (TPSA) is 79.6 Å². The highest BCUT2D eigenvalue weighted by atomic mass is 16.3. The molecular formula is C17H14N2O4. The molecule has 4 amide bonds. The number of urea groups is 1. The van der Waals surface area contributed by atoms with E-state index in [4.69, 9.17) is 4.42 Å². The summed E-state index contributed by atoms with van der Waals surface area (Å²) in [7, 11) is 0. The molecule has 0 saturated carbocycles. The smallest absolute Gasteiger partial charge is 0.335 e. The van der Waals surface area contributed by atoms with Gasteiger partial charge in [0, 0.05) is 0 Å². The van der Waals surface area contributed by atoms with E-state index >= 15 is 0 Å². The fourth-order valence-corrected chi connectivity index (χ4v) is 2.35. The molecule has 6 heteroatoms. The predicted octanol–water partition coefficient (Wildman–Crippen LogP) is 2.56. The molecule has 6 nitrogen and oxygen atoms in total. The average Bonchev–Trinajstić information content (AvgIpc) is 3.00. The van der Waals surface area contributed by atoms with Gasteiger partial charge >= 0.3 is 6.03 Å². The number of rotatable bonds is 2. The second kappa shape index (κ2) is 5.57. The molecule has 1 aromatic heterocycles. The summed E-state index contributed by atoms with van der Waals surface area (Å²) in [6.07, 6.45) is 2.76. The Hall–Kier alpha value is -3.15. The summed E-state index contributed by atoms with van der Waals surface area (Å²) in [5.74, 6) is -1.06. The van der Waals surface area contributed by atoms with Gasteiger partial charge in [-0.15, -0.1) is 0 Å². The molecule has 116 valence electrons. The Labute approximate surface area is 132 Å². The van der Waals surface area contributed by atoms with Crippen LogP contribution < -0.4 is 10.2 Å². The number of hydrogen-bond acceptors (Lipinski definition) is 4. The number of nitrogens with zero attached hydrogens (tertiary/aromatic N) is 1.